The van der Waals surface area contributed by atoms with Crippen LogP contribution in [-0.2, 0) is 0 Å². The SMILES string of the molecule is Cc1cccc(-c2ccc(O)c(C(=O)O)c2)c1. The van der Waals surface area contributed by atoms with Gasteiger partial charge in [-0.25, -0.2) is 4.79 Å². The fourth-order valence-corrected chi connectivity index (χ4v) is 1.71. The lowest BCUT2D eigenvalue weighted by molar-refractivity contribution is 0.0694. The molecule has 0 unspecified atom stereocenters. The Labute approximate surface area is 99.0 Å². The van der Waals surface area contributed by atoms with Crippen molar-refractivity contribution in [3.05, 3.63) is 53.6 Å². The molecule has 0 aliphatic rings. The summed E-state index contributed by atoms with van der Waals surface area (Å²) in [7, 11) is 0. The third kappa shape index (κ3) is 2.28. The van der Waals surface area contributed by atoms with Crippen LogP contribution in [-0.4, -0.2) is 16.2 Å². The Bertz CT molecular complexity index is 573. The van der Waals surface area contributed by atoms with Crippen molar-refractivity contribution in [1.82, 2.24) is 0 Å². The number of carboxylic acid groups (broad SMARTS) is 1. The first-order valence-corrected chi connectivity index (χ1v) is 5.21. The van der Waals surface area contributed by atoms with Crippen LogP contribution in [0, 0.1) is 6.92 Å². The monoisotopic (exact) mass is 228 g/mol. The Morgan fingerprint density at radius 3 is 2.41 bits per heavy atom. The highest BCUT2D eigenvalue weighted by Gasteiger charge is 2.10. The van der Waals surface area contributed by atoms with Gasteiger partial charge in [-0.1, -0.05) is 35.9 Å². The van der Waals surface area contributed by atoms with Crippen molar-refractivity contribution in [3.8, 4) is 16.9 Å². The lowest BCUT2D eigenvalue weighted by atomic mass is 10.0. The maximum atomic E-state index is 10.9. The zero-order valence-corrected chi connectivity index (χ0v) is 9.34. The molecule has 0 saturated heterocycles. The van der Waals surface area contributed by atoms with Gasteiger partial charge in [0.05, 0.1) is 0 Å². The fraction of sp³-hybridized carbons (Fsp3) is 0.0714. The quantitative estimate of drug-likeness (QED) is 0.830. The number of hydrogen-bond acceptors (Lipinski definition) is 2. The molecular weight excluding hydrogens is 216 g/mol. The molecule has 0 bridgehead atoms. The van der Waals surface area contributed by atoms with Crippen molar-refractivity contribution in [2.45, 2.75) is 6.92 Å². The number of phenols is 1. The van der Waals surface area contributed by atoms with Crippen molar-refractivity contribution >= 4 is 5.97 Å². The minimum absolute atomic E-state index is 0.0796. The van der Waals surface area contributed by atoms with Gasteiger partial charge in [-0.2, -0.15) is 0 Å². The third-order valence-electron chi connectivity index (χ3n) is 2.58. The van der Waals surface area contributed by atoms with Crippen LogP contribution in [0.3, 0.4) is 0 Å². The molecule has 0 saturated carbocycles. The van der Waals surface area contributed by atoms with Crippen molar-refractivity contribution in [2.75, 3.05) is 0 Å². The second-order valence-electron chi connectivity index (χ2n) is 3.91. The first-order valence-electron chi connectivity index (χ1n) is 5.21. The van der Waals surface area contributed by atoms with Crippen LogP contribution in [0.1, 0.15) is 15.9 Å². The Morgan fingerprint density at radius 2 is 1.76 bits per heavy atom. The molecule has 0 amide bonds. The molecule has 0 spiro atoms. The molecule has 86 valence electrons. The molecular formula is C14H12O3. The largest absolute Gasteiger partial charge is 0.507 e. The van der Waals surface area contributed by atoms with Crippen LogP contribution < -0.4 is 0 Å². The van der Waals surface area contributed by atoms with E-state index in [1.54, 1.807) is 6.07 Å². The predicted octanol–water partition coefficient (Wildman–Crippen LogP) is 3.07. The topological polar surface area (TPSA) is 57.5 Å². The van der Waals surface area contributed by atoms with Crippen LogP contribution in [0.2, 0.25) is 0 Å². The van der Waals surface area contributed by atoms with E-state index in [1.807, 2.05) is 31.2 Å². The lowest BCUT2D eigenvalue weighted by Gasteiger charge is -2.05. The molecule has 2 rings (SSSR count). The first kappa shape index (κ1) is 11.2. The number of aromatic carboxylic acids is 1. The minimum atomic E-state index is -1.13. The molecule has 0 heterocycles. The molecule has 0 aromatic heterocycles. The zero-order chi connectivity index (χ0) is 12.4. The van der Waals surface area contributed by atoms with E-state index in [1.165, 1.54) is 12.1 Å². The molecule has 3 nitrogen and oxygen atoms in total. The van der Waals surface area contributed by atoms with Crippen molar-refractivity contribution in [3.63, 3.8) is 0 Å². The molecule has 17 heavy (non-hydrogen) atoms. The van der Waals surface area contributed by atoms with Gasteiger partial charge in [0.15, 0.2) is 0 Å². The van der Waals surface area contributed by atoms with Crippen LogP contribution in [0.4, 0.5) is 0 Å². The molecule has 2 N–H and O–H groups in total. The van der Waals surface area contributed by atoms with Crippen LogP contribution in [0.5, 0.6) is 5.75 Å². The number of hydrogen-bond donors (Lipinski definition) is 2. The fourth-order valence-electron chi connectivity index (χ4n) is 1.71. The normalized spacial score (nSPS) is 10.2. The maximum Gasteiger partial charge on any atom is 0.339 e. The average molecular weight is 228 g/mol. The van der Waals surface area contributed by atoms with Crippen molar-refractivity contribution in [1.29, 1.82) is 0 Å². The number of aromatic hydroxyl groups is 1. The predicted molar refractivity (Wildman–Crippen MR) is 65.2 cm³/mol. The summed E-state index contributed by atoms with van der Waals surface area (Å²) in [6.07, 6.45) is 0. The zero-order valence-electron chi connectivity index (χ0n) is 9.34. The number of rotatable bonds is 2. The van der Waals surface area contributed by atoms with E-state index in [-0.39, 0.29) is 11.3 Å². The second-order valence-corrected chi connectivity index (χ2v) is 3.91. The standard InChI is InChI=1S/C14H12O3/c1-9-3-2-4-10(7-9)11-5-6-13(15)12(8-11)14(16)17/h2-8,15H,1H3,(H,16,17). The summed E-state index contributed by atoms with van der Waals surface area (Å²) in [5.74, 6) is -1.34. The Balaban J connectivity index is 2.54. The van der Waals surface area contributed by atoms with Crippen LogP contribution in [0.15, 0.2) is 42.5 Å². The van der Waals surface area contributed by atoms with Gasteiger partial charge in [-0.15, -0.1) is 0 Å². The maximum absolute atomic E-state index is 10.9. The van der Waals surface area contributed by atoms with Gasteiger partial charge in [0.1, 0.15) is 11.3 Å². The van der Waals surface area contributed by atoms with Crippen molar-refractivity contribution < 1.29 is 15.0 Å². The Hall–Kier alpha value is -2.29. The van der Waals surface area contributed by atoms with E-state index in [4.69, 9.17) is 5.11 Å². The van der Waals surface area contributed by atoms with Crippen LogP contribution in [0.25, 0.3) is 11.1 Å². The minimum Gasteiger partial charge on any atom is -0.507 e. The van der Waals surface area contributed by atoms with E-state index in [0.717, 1.165) is 16.7 Å². The number of carboxylic acids is 1. The number of benzene rings is 2. The molecule has 0 atom stereocenters. The third-order valence-corrected chi connectivity index (χ3v) is 2.58. The summed E-state index contributed by atoms with van der Waals surface area (Å²) in [5.41, 5.74) is 2.74. The molecule has 0 aliphatic carbocycles. The first-order chi connectivity index (χ1) is 8.08. The molecule has 2 aromatic rings. The molecule has 0 aliphatic heterocycles. The second kappa shape index (κ2) is 4.29. The summed E-state index contributed by atoms with van der Waals surface area (Å²) >= 11 is 0. The van der Waals surface area contributed by atoms with E-state index < -0.39 is 5.97 Å². The molecule has 3 heteroatoms. The highest BCUT2D eigenvalue weighted by molar-refractivity contribution is 5.92. The van der Waals surface area contributed by atoms with E-state index in [0.29, 0.717) is 0 Å². The Kier molecular flexibility index (Phi) is 2.83. The molecule has 2 aromatic carbocycles. The average Bonchev–Trinajstić information content (AvgIpc) is 2.29. The summed E-state index contributed by atoms with van der Waals surface area (Å²) in [4.78, 5) is 10.9. The number of aryl methyl sites for hydroxylation is 1. The molecule has 0 fully saturated rings. The highest BCUT2D eigenvalue weighted by Crippen LogP contribution is 2.26. The summed E-state index contributed by atoms with van der Waals surface area (Å²) in [6.45, 7) is 1.97. The van der Waals surface area contributed by atoms with Gasteiger partial charge >= 0.3 is 5.97 Å². The van der Waals surface area contributed by atoms with Crippen LogP contribution >= 0.6 is 0 Å². The highest BCUT2D eigenvalue weighted by atomic mass is 16.4. The van der Waals surface area contributed by atoms with E-state index in [9.17, 15) is 9.90 Å². The summed E-state index contributed by atoms with van der Waals surface area (Å²) < 4.78 is 0. The van der Waals surface area contributed by atoms with E-state index >= 15 is 0 Å². The summed E-state index contributed by atoms with van der Waals surface area (Å²) in [6, 6.07) is 12.4. The van der Waals surface area contributed by atoms with Gasteiger partial charge in [0, 0.05) is 0 Å². The summed E-state index contributed by atoms with van der Waals surface area (Å²) in [5, 5.41) is 18.4. The van der Waals surface area contributed by atoms with Gasteiger partial charge in [-0.3, -0.25) is 0 Å². The van der Waals surface area contributed by atoms with Crippen molar-refractivity contribution in [2.24, 2.45) is 0 Å². The smallest absolute Gasteiger partial charge is 0.339 e. The molecule has 0 radical (unpaired) electrons. The van der Waals surface area contributed by atoms with Gasteiger partial charge in [-0.05, 0) is 30.2 Å². The van der Waals surface area contributed by atoms with Gasteiger partial charge < -0.3 is 10.2 Å². The van der Waals surface area contributed by atoms with Gasteiger partial charge in [0.2, 0.25) is 0 Å². The number of carbonyl (C=O) groups is 1. The van der Waals surface area contributed by atoms with E-state index in [2.05, 4.69) is 0 Å². The lowest BCUT2D eigenvalue weighted by Crippen LogP contribution is -1.97. The van der Waals surface area contributed by atoms with Gasteiger partial charge in [0.25, 0.3) is 0 Å². The Morgan fingerprint density at radius 1 is 1.06 bits per heavy atom.